The first-order valence-electron chi connectivity index (χ1n) is 8.83. The summed E-state index contributed by atoms with van der Waals surface area (Å²) in [6, 6.07) is 2.17. The van der Waals surface area contributed by atoms with Crippen LogP contribution < -0.4 is 10.2 Å². The van der Waals surface area contributed by atoms with Crippen LogP contribution >= 0.6 is 22.9 Å². The summed E-state index contributed by atoms with van der Waals surface area (Å²) in [5.41, 5.74) is 0.960. The second-order valence-corrected chi connectivity index (χ2v) is 7.75. The molecule has 2 fully saturated rings. The Labute approximate surface area is 163 Å². The van der Waals surface area contributed by atoms with E-state index in [-0.39, 0.29) is 0 Å². The fraction of sp³-hybridized carbons (Fsp3) is 0.647. The highest BCUT2D eigenvalue weighted by Gasteiger charge is 2.20. The third-order valence-electron chi connectivity index (χ3n) is 4.28. The maximum Gasteiger partial charge on any atom is 0.224 e. The quantitative estimate of drug-likeness (QED) is 0.790. The fourth-order valence-corrected chi connectivity index (χ4v) is 4.42. The molecule has 0 atom stereocenters. The molecule has 0 amide bonds. The lowest BCUT2D eigenvalue weighted by Gasteiger charge is -2.28. The molecule has 2 aliphatic rings. The molecule has 2 aromatic heterocycles. The fourth-order valence-electron chi connectivity index (χ4n) is 3.09. The molecular weight excluding hydrogens is 374 g/mol. The number of halogens is 1. The van der Waals surface area contributed by atoms with Crippen LogP contribution in [0.1, 0.15) is 4.88 Å². The van der Waals surface area contributed by atoms with Crippen molar-refractivity contribution >= 4 is 39.0 Å². The highest BCUT2D eigenvalue weighted by molar-refractivity contribution is 7.19. The van der Waals surface area contributed by atoms with Crippen LogP contribution in [0.25, 0.3) is 10.2 Å². The normalized spacial score (nSPS) is 18.7. The van der Waals surface area contributed by atoms with Crippen LogP contribution in [0, 0.1) is 0 Å². The number of fused-ring (bicyclic) bond motifs is 1. The monoisotopic (exact) mass is 399 g/mol. The molecule has 1 N–H and O–H groups in total. The van der Waals surface area contributed by atoms with Gasteiger partial charge in [0.1, 0.15) is 0 Å². The minimum Gasteiger partial charge on any atom is -0.388 e. The third kappa shape index (κ3) is 5.03. The van der Waals surface area contributed by atoms with Crippen molar-refractivity contribution in [2.24, 2.45) is 0 Å². The average molecular weight is 400 g/mol. The van der Waals surface area contributed by atoms with E-state index >= 15 is 0 Å². The summed E-state index contributed by atoms with van der Waals surface area (Å²) in [6.07, 6.45) is 0. The van der Waals surface area contributed by atoms with Gasteiger partial charge in [-0.3, -0.25) is 4.90 Å². The summed E-state index contributed by atoms with van der Waals surface area (Å²) >= 11 is 7.94. The van der Waals surface area contributed by atoms with E-state index in [4.69, 9.17) is 16.3 Å². The van der Waals surface area contributed by atoms with E-state index in [0.29, 0.717) is 5.28 Å². The van der Waals surface area contributed by atoms with Crippen molar-refractivity contribution in [3.8, 4) is 0 Å². The van der Waals surface area contributed by atoms with Gasteiger partial charge >= 0.3 is 0 Å². The molecule has 0 unspecified atom stereocenters. The molecule has 2 aliphatic heterocycles. The molecule has 0 aromatic carbocycles. The Morgan fingerprint density at radius 1 is 1.19 bits per heavy atom. The summed E-state index contributed by atoms with van der Waals surface area (Å²) in [4.78, 5) is 15.0. The minimum absolute atomic E-state index is 0.325. The largest absolute Gasteiger partial charge is 0.388 e. The van der Waals surface area contributed by atoms with Crippen molar-refractivity contribution in [2.75, 3.05) is 71.6 Å². The van der Waals surface area contributed by atoms with E-state index < -0.39 is 0 Å². The Morgan fingerprint density at radius 2 is 1.88 bits per heavy atom. The smallest absolute Gasteiger partial charge is 0.224 e. The molecule has 2 saturated heterocycles. The van der Waals surface area contributed by atoms with E-state index in [0.717, 1.165) is 75.1 Å². The molecule has 7 nitrogen and oxygen atoms in total. The van der Waals surface area contributed by atoms with Crippen LogP contribution in [0.5, 0.6) is 0 Å². The summed E-state index contributed by atoms with van der Waals surface area (Å²) in [5, 5.41) is 3.71. The standard InChI is InChI=1S/C15H20ClN5OS.C2H6O/c16-15-18-12-9-11(10-20-3-1-17-2-4-20)23-13(12)14(19-15)21-5-7-22-8-6-21;1-3-2/h9,17H,1-8,10H2;1-2H3. The van der Waals surface area contributed by atoms with E-state index in [2.05, 4.69) is 35.9 Å². The molecular formula is C17H26ClN5O2S. The van der Waals surface area contributed by atoms with Gasteiger partial charge in [-0.25, -0.2) is 4.98 Å². The van der Waals surface area contributed by atoms with E-state index in [1.807, 2.05) is 0 Å². The second-order valence-electron chi connectivity index (χ2n) is 6.28. The van der Waals surface area contributed by atoms with Crippen LogP contribution in [0.4, 0.5) is 5.82 Å². The number of anilines is 1. The van der Waals surface area contributed by atoms with Crippen molar-refractivity contribution in [1.29, 1.82) is 0 Å². The highest BCUT2D eigenvalue weighted by Crippen LogP contribution is 2.33. The molecule has 9 heteroatoms. The molecule has 4 heterocycles. The number of methoxy groups -OCH3 is 1. The number of ether oxygens (including phenoxy) is 2. The molecule has 0 spiro atoms. The van der Waals surface area contributed by atoms with Gasteiger partial charge in [0.15, 0.2) is 5.82 Å². The molecule has 0 bridgehead atoms. The lowest BCUT2D eigenvalue weighted by Crippen LogP contribution is -2.42. The van der Waals surface area contributed by atoms with E-state index in [1.54, 1.807) is 25.6 Å². The molecule has 2 aromatic rings. The molecule has 0 radical (unpaired) electrons. The van der Waals surface area contributed by atoms with Gasteiger partial charge in [0.25, 0.3) is 0 Å². The van der Waals surface area contributed by atoms with Crippen molar-refractivity contribution in [2.45, 2.75) is 6.54 Å². The summed E-state index contributed by atoms with van der Waals surface area (Å²) in [5.74, 6) is 0.958. The van der Waals surface area contributed by atoms with Gasteiger partial charge in [-0.15, -0.1) is 11.3 Å². The van der Waals surface area contributed by atoms with Crippen LogP contribution in [-0.2, 0) is 16.0 Å². The van der Waals surface area contributed by atoms with Gasteiger partial charge in [-0.1, -0.05) is 0 Å². The maximum absolute atomic E-state index is 6.15. The Bertz CT molecular complexity index is 702. The molecule has 0 aliphatic carbocycles. The Morgan fingerprint density at radius 3 is 2.58 bits per heavy atom. The number of thiophene rings is 1. The predicted molar refractivity (Wildman–Crippen MR) is 107 cm³/mol. The first-order valence-corrected chi connectivity index (χ1v) is 10.0. The summed E-state index contributed by atoms with van der Waals surface area (Å²) in [7, 11) is 3.25. The zero-order valence-electron chi connectivity index (χ0n) is 15.3. The second kappa shape index (κ2) is 9.77. The Kier molecular flexibility index (Phi) is 7.42. The minimum atomic E-state index is 0.325. The topological polar surface area (TPSA) is 62.8 Å². The number of piperazine rings is 1. The number of nitrogens with one attached hydrogen (secondary N) is 1. The number of morpholine rings is 1. The Hall–Kier alpha value is -1.03. The lowest BCUT2D eigenvalue weighted by atomic mass is 10.3. The van der Waals surface area contributed by atoms with Crippen molar-refractivity contribution in [1.82, 2.24) is 20.2 Å². The van der Waals surface area contributed by atoms with E-state index in [1.165, 1.54) is 4.88 Å². The van der Waals surface area contributed by atoms with Crippen molar-refractivity contribution < 1.29 is 9.47 Å². The molecule has 4 rings (SSSR count). The van der Waals surface area contributed by atoms with Crippen LogP contribution in [0.3, 0.4) is 0 Å². The Balaban J connectivity index is 0.000000613. The lowest BCUT2D eigenvalue weighted by molar-refractivity contribution is 0.122. The van der Waals surface area contributed by atoms with Gasteiger partial charge in [0.2, 0.25) is 5.28 Å². The first kappa shape index (κ1) is 19.7. The number of rotatable bonds is 3. The summed E-state index contributed by atoms with van der Waals surface area (Å²) in [6.45, 7) is 8.48. The zero-order chi connectivity index (χ0) is 18.4. The van der Waals surface area contributed by atoms with Crippen LogP contribution in [0.15, 0.2) is 6.07 Å². The van der Waals surface area contributed by atoms with Crippen LogP contribution in [-0.4, -0.2) is 81.6 Å². The van der Waals surface area contributed by atoms with Gasteiger partial charge in [-0.05, 0) is 17.7 Å². The van der Waals surface area contributed by atoms with Crippen LogP contribution in [0.2, 0.25) is 5.28 Å². The first-order chi connectivity index (χ1) is 12.7. The average Bonchev–Trinajstić information content (AvgIpc) is 3.05. The van der Waals surface area contributed by atoms with Gasteiger partial charge in [0, 0.05) is 64.9 Å². The number of aromatic nitrogens is 2. The summed E-state index contributed by atoms with van der Waals surface area (Å²) < 4.78 is 10.8. The number of hydrogen-bond acceptors (Lipinski definition) is 8. The van der Waals surface area contributed by atoms with Crippen molar-refractivity contribution in [3.63, 3.8) is 0 Å². The predicted octanol–water partition coefficient (Wildman–Crippen LogP) is 1.85. The third-order valence-corrected chi connectivity index (χ3v) is 5.55. The SMILES string of the molecule is COC.Clc1nc(N2CCOCC2)c2sc(CN3CCNCC3)cc2n1. The van der Waals surface area contributed by atoms with Crippen molar-refractivity contribution in [3.05, 3.63) is 16.2 Å². The van der Waals surface area contributed by atoms with Gasteiger partial charge in [0.05, 0.1) is 23.4 Å². The molecule has 26 heavy (non-hydrogen) atoms. The molecule has 0 saturated carbocycles. The zero-order valence-corrected chi connectivity index (χ0v) is 16.9. The highest BCUT2D eigenvalue weighted by atomic mass is 35.5. The number of hydrogen-bond donors (Lipinski definition) is 1. The maximum atomic E-state index is 6.15. The number of nitrogens with zero attached hydrogens (tertiary/aromatic N) is 4. The molecule has 144 valence electrons. The van der Waals surface area contributed by atoms with Gasteiger partial charge in [-0.2, -0.15) is 4.98 Å². The van der Waals surface area contributed by atoms with E-state index in [9.17, 15) is 0 Å². The van der Waals surface area contributed by atoms with Gasteiger partial charge < -0.3 is 19.7 Å².